The Hall–Kier alpha value is -2.55. The highest BCUT2D eigenvalue weighted by Crippen LogP contribution is 2.43. The molecule has 0 bridgehead atoms. The number of hydrogen-bond acceptors (Lipinski definition) is 6. The average molecular weight is 932 g/mol. The molecule has 0 rings (SSSR count). The number of hydrogen-bond donors (Lipinski definition) is 2. The zero-order chi connectivity index (χ0) is 48.0. The van der Waals surface area contributed by atoms with Gasteiger partial charge in [0.2, 0.25) is 5.91 Å². The van der Waals surface area contributed by atoms with E-state index in [0.717, 1.165) is 109 Å². The van der Waals surface area contributed by atoms with Crippen LogP contribution in [0, 0.1) is 0 Å². The van der Waals surface area contributed by atoms with E-state index < -0.39 is 20.0 Å². The molecule has 0 saturated heterocycles. The molecule has 1 amide bonds. The van der Waals surface area contributed by atoms with Crippen molar-refractivity contribution in [2.75, 3.05) is 40.9 Å². The predicted molar refractivity (Wildman–Crippen MR) is 277 cm³/mol. The molecular weight excluding hydrogens is 832 g/mol. The predicted octanol–water partition coefficient (Wildman–Crippen LogP) is 15.3. The lowest BCUT2D eigenvalue weighted by molar-refractivity contribution is -0.870. The van der Waals surface area contributed by atoms with Gasteiger partial charge in [0.15, 0.2) is 0 Å². The van der Waals surface area contributed by atoms with Gasteiger partial charge in [0.25, 0.3) is 0 Å². The zero-order valence-corrected chi connectivity index (χ0v) is 43.6. The molecule has 0 radical (unpaired) electrons. The summed E-state index contributed by atoms with van der Waals surface area (Å²) in [7, 11) is 1.47. The Morgan fingerprint density at radius 2 is 0.985 bits per heavy atom. The van der Waals surface area contributed by atoms with Crippen LogP contribution in [0.2, 0.25) is 0 Å². The summed E-state index contributed by atoms with van der Waals surface area (Å²) in [5.74, 6) is -0.547. The molecule has 0 aliphatic rings. The lowest BCUT2D eigenvalue weighted by Crippen LogP contribution is -2.47. The molecule has 0 fully saturated rings. The van der Waals surface area contributed by atoms with Crippen LogP contribution in [0.4, 0.5) is 0 Å². The summed E-state index contributed by atoms with van der Waals surface area (Å²) in [6.07, 6.45) is 56.1. The van der Waals surface area contributed by atoms with Crippen LogP contribution in [0.15, 0.2) is 72.9 Å². The van der Waals surface area contributed by atoms with Gasteiger partial charge in [-0.2, -0.15) is 0 Å². The third kappa shape index (κ3) is 46.4. The summed E-state index contributed by atoms with van der Waals surface area (Å²) in [4.78, 5) is 37.4. The van der Waals surface area contributed by atoms with Crippen LogP contribution in [-0.2, 0) is 27.9 Å². The Bertz CT molecular complexity index is 1350. The van der Waals surface area contributed by atoms with Gasteiger partial charge in [0.1, 0.15) is 19.3 Å². The van der Waals surface area contributed by atoms with Crippen LogP contribution in [0.1, 0.15) is 213 Å². The summed E-state index contributed by atoms with van der Waals surface area (Å²) in [5.41, 5.74) is 0. The van der Waals surface area contributed by atoms with Gasteiger partial charge in [0.05, 0.1) is 33.8 Å². The Kier molecular flexibility index (Phi) is 43.5. The van der Waals surface area contributed by atoms with Gasteiger partial charge in [-0.05, 0) is 89.5 Å². The van der Waals surface area contributed by atoms with Crippen molar-refractivity contribution in [1.29, 1.82) is 0 Å². The number of quaternary nitrogens is 1. The fourth-order valence-electron chi connectivity index (χ4n) is 7.11. The van der Waals surface area contributed by atoms with E-state index in [2.05, 4.69) is 86.8 Å². The monoisotopic (exact) mass is 932 g/mol. The normalized spacial score (nSPS) is 14.5. The molecule has 2 N–H and O–H groups in total. The molecule has 376 valence electrons. The summed E-state index contributed by atoms with van der Waals surface area (Å²) in [5, 5.41) is 3.02. The van der Waals surface area contributed by atoms with E-state index in [1.807, 2.05) is 33.3 Å². The first-order chi connectivity index (χ1) is 31.4. The Balaban J connectivity index is 5.45. The number of amides is 1. The zero-order valence-electron chi connectivity index (χ0n) is 42.7. The molecule has 0 aliphatic heterocycles. The number of carbonyl (C=O) groups is 2. The molecule has 0 aliphatic carbocycles. The smallest absolute Gasteiger partial charge is 0.456 e. The van der Waals surface area contributed by atoms with Crippen molar-refractivity contribution in [3.8, 4) is 0 Å². The van der Waals surface area contributed by atoms with Crippen LogP contribution in [0.3, 0.4) is 0 Å². The number of rotatable bonds is 46. The van der Waals surface area contributed by atoms with Crippen molar-refractivity contribution in [3.05, 3.63) is 72.9 Å². The SMILES string of the molecule is CC/C=C/C/C=C/C/C=C/CCCCCCC(=O)OC(/C=C/CCCCCCCCCCC)C(COP(=O)(O)OCC[N+](C)(C)C)NC(=O)CCCCCCCCC/C=C/C/C=C/CC. The Labute approximate surface area is 400 Å². The van der Waals surface area contributed by atoms with E-state index in [9.17, 15) is 19.0 Å². The fourth-order valence-corrected chi connectivity index (χ4v) is 7.84. The van der Waals surface area contributed by atoms with E-state index in [-0.39, 0.29) is 31.5 Å². The average Bonchev–Trinajstić information content (AvgIpc) is 3.26. The molecule has 0 aromatic heterocycles. The molecule has 0 spiro atoms. The lowest BCUT2D eigenvalue weighted by Gasteiger charge is -2.27. The highest BCUT2D eigenvalue weighted by Gasteiger charge is 2.30. The van der Waals surface area contributed by atoms with Gasteiger partial charge < -0.3 is 19.4 Å². The summed E-state index contributed by atoms with van der Waals surface area (Å²) < 4.78 is 30.5. The summed E-state index contributed by atoms with van der Waals surface area (Å²) >= 11 is 0. The minimum Gasteiger partial charge on any atom is -0.456 e. The molecule has 0 heterocycles. The first kappa shape index (κ1) is 62.4. The molecule has 0 aromatic rings. The second kappa shape index (κ2) is 45.2. The fraction of sp³-hybridized carbons (Fsp3) is 0.745. The summed E-state index contributed by atoms with van der Waals surface area (Å²) in [6.45, 7) is 6.74. The summed E-state index contributed by atoms with van der Waals surface area (Å²) in [6, 6.07) is -0.862. The molecule has 9 nitrogen and oxygen atoms in total. The number of esters is 1. The first-order valence-corrected chi connectivity index (χ1v) is 27.8. The lowest BCUT2D eigenvalue weighted by atomic mass is 10.1. The number of allylic oxidation sites excluding steroid dienone is 11. The van der Waals surface area contributed by atoms with Crippen molar-refractivity contribution < 1.29 is 37.3 Å². The van der Waals surface area contributed by atoms with Crippen molar-refractivity contribution in [2.24, 2.45) is 0 Å². The number of ether oxygens (including phenoxy) is 1. The second-order valence-corrected chi connectivity index (χ2v) is 20.1. The van der Waals surface area contributed by atoms with Gasteiger partial charge >= 0.3 is 13.8 Å². The van der Waals surface area contributed by atoms with E-state index in [0.29, 0.717) is 23.9 Å². The van der Waals surface area contributed by atoms with Crippen LogP contribution >= 0.6 is 7.82 Å². The highest BCUT2D eigenvalue weighted by molar-refractivity contribution is 7.47. The van der Waals surface area contributed by atoms with Gasteiger partial charge in [-0.15, -0.1) is 0 Å². The van der Waals surface area contributed by atoms with Gasteiger partial charge in [-0.1, -0.05) is 184 Å². The highest BCUT2D eigenvalue weighted by atomic mass is 31.2. The van der Waals surface area contributed by atoms with Crippen molar-refractivity contribution in [2.45, 2.75) is 226 Å². The molecule has 3 unspecified atom stereocenters. The second-order valence-electron chi connectivity index (χ2n) is 18.6. The standard InChI is InChI=1S/C55H99N2O7P/c1-7-10-13-16-19-22-25-27-29-32-35-38-41-44-47-54(58)56-52(51-63-65(60,61)62-50-49-57(4,5)6)53(46-43-40-37-34-31-24-21-18-15-12-9-3)64-55(59)48-45-42-39-36-33-30-28-26-23-20-17-14-11-8-2/h10-11,13-14,19-20,22-23,28,30,43,46,52-53H,7-9,12,15-18,21,24-27,29,31-42,44-45,47-51H2,1-6H3,(H-,56,58,60,61)/p+1/b13-10+,14-11+,22-19+,23-20+,30-28+,46-43+. The number of phosphoric acid groups is 1. The van der Waals surface area contributed by atoms with Crippen LogP contribution in [-0.4, -0.2) is 74.3 Å². The van der Waals surface area contributed by atoms with Crippen LogP contribution in [0.5, 0.6) is 0 Å². The van der Waals surface area contributed by atoms with Crippen LogP contribution < -0.4 is 5.32 Å². The maximum atomic E-state index is 13.4. The number of phosphoric ester groups is 1. The molecule has 65 heavy (non-hydrogen) atoms. The van der Waals surface area contributed by atoms with E-state index in [4.69, 9.17) is 13.8 Å². The number of nitrogens with zero attached hydrogens (tertiary/aromatic N) is 1. The minimum absolute atomic E-state index is 0.0319. The number of unbranched alkanes of at least 4 members (excludes halogenated alkanes) is 20. The van der Waals surface area contributed by atoms with Gasteiger partial charge in [-0.25, -0.2) is 4.57 Å². The maximum Gasteiger partial charge on any atom is 0.472 e. The molecule has 3 atom stereocenters. The quantitative estimate of drug-likeness (QED) is 0.0206. The Morgan fingerprint density at radius 1 is 0.554 bits per heavy atom. The third-order valence-corrected chi connectivity index (χ3v) is 12.1. The van der Waals surface area contributed by atoms with Crippen molar-refractivity contribution in [1.82, 2.24) is 5.32 Å². The third-order valence-electron chi connectivity index (χ3n) is 11.1. The van der Waals surface area contributed by atoms with E-state index in [1.54, 1.807) is 0 Å². The maximum absolute atomic E-state index is 13.4. The van der Waals surface area contributed by atoms with Crippen LogP contribution in [0.25, 0.3) is 0 Å². The van der Waals surface area contributed by atoms with E-state index >= 15 is 0 Å². The largest absolute Gasteiger partial charge is 0.472 e. The number of likely N-dealkylation sites (N-methyl/N-ethyl adjacent to an activating group) is 1. The van der Waals surface area contributed by atoms with Crippen molar-refractivity contribution in [3.63, 3.8) is 0 Å². The van der Waals surface area contributed by atoms with Gasteiger partial charge in [-0.3, -0.25) is 18.6 Å². The molecular formula is C55H100N2O7P+. The van der Waals surface area contributed by atoms with Gasteiger partial charge in [0, 0.05) is 12.8 Å². The first-order valence-electron chi connectivity index (χ1n) is 26.3. The molecule has 10 heteroatoms. The minimum atomic E-state index is -4.45. The number of nitrogens with one attached hydrogen (secondary N) is 1. The number of carbonyl (C=O) groups excluding carboxylic acids is 2. The molecule has 0 saturated carbocycles. The topological polar surface area (TPSA) is 111 Å². The molecule has 0 aromatic carbocycles. The van der Waals surface area contributed by atoms with Crippen molar-refractivity contribution >= 4 is 19.7 Å². The van der Waals surface area contributed by atoms with E-state index in [1.165, 1.54) is 64.2 Å². The Morgan fingerprint density at radius 3 is 1.48 bits per heavy atom.